The number of thiol groups is 1. The summed E-state index contributed by atoms with van der Waals surface area (Å²) < 4.78 is 34.0. The molecule has 0 bridgehead atoms. The SMILES string of the molecule is CC(C)C.COc1cc(F)c(/C=N/S)c(F)c1. The Kier molecular flexibility index (Phi) is 7.54. The largest absolute Gasteiger partial charge is 0.497 e. The van der Waals surface area contributed by atoms with E-state index in [1.807, 2.05) is 0 Å². The van der Waals surface area contributed by atoms with Gasteiger partial charge in [-0.05, 0) is 18.7 Å². The summed E-state index contributed by atoms with van der Waals surface area (Å²) in [5.74, 6) is -0.490. The first-order valence-electron chi connectivity index (χ1n) is 5.12. The molecule has 0 spiro atoms. The molecule has 0 aliphatic rings. The van der Waals surface area contributed by atoms with Gasteiger partial charge in [-0.1, -0.05) is 20.8 Å². The second-order valence-corrected chi connectivity index (χ2v) is 4.21. The zero-order valence-electron chi connectivity index (χ0n) is 10.4. The lowest BCUT2D eigenvalue weighted by atomic mass is 10.2. The van der Waals surface area contributed by atoms with Crippen molar-refractivity contribution in [3.05, 3.63) is 29.3 Å². The Morgan fingerprint density at radius 2 is 1.65 bits per heavy atom. The lowest BCUT2D eigenvalue weighted by Crippen LogP contribution is -1.95. The minimum Gasteiger partial charge on any atom is -0.497 e. The molecule has 0 aliphatic heterocycles. The Balaban J connectivity index is 0.000000557. The maximum Gasteiger partial charge on any atom is 0.138 e. The molecule has 17 heavy (non-hydrogen) atoms. The summed E-state index contributed by atoms with van der Waals surface area (Å²) in [7, 11) is 1.33. The van der Waals surface area contributed by atoms with Crippen LogP contribution in [0.4, 0.5) is 8.78 Å². The molecule has 96 valence electrons. The second-order valence-electron chi connectivity index (χ2n) is 3.98. The van der Waals surface area contributed by atoms with E-state index >= 15 is 0 Å². The minimum atomic E-state index is -0.727. The van der Waals surface area contributed by atoms with Crippen molar-refractivity contribution >= 4 is 19.0 Å². The zero-order chi connectivity index (χ0) is 13.4. The van der Waals surface area contributed by atoms with E-state index in [2.05, 4.69) is 42.7 Å². The van der Waals surface area contributed by atoms with E-state index in [9.17, 15) is 8.78 Å². The fourth-order valence-electron chi connectivity index (χ4n) is 0.860. The van der Waals surface area contributed by atoms with Crippen molar-refractivity contribution in [2.45, 2.75) is 20.8 Å². The first kappa shape index (κ1) is 15.9. The quantitative estimate of drug-likeness (QED) is 0.633. The topological polar surface area (TPSA) is 21.6 Å². The molecule has 0 aromatic heterocycles. The van der Waals surface area contributed by atoms with Gasteiger partial charge in [-0.3, -0.25) is 0 Å². The summed E-state index contributed by atoms with van der Waals surface area (Å²) in [5, 5.41) is 0. The molecule has 0 amide bonds. The Labute approximate surface area is 106 Å². The van der Waals surface area contributed by atoms with E-state index in [0.717, 1.165) is 24.3 Å². The third kappa shape index (κ3) is 6.26. The van der Waals surface area contributed by atoms with Gasteiger partial charge >= 0.3 is 0 Å². The smallest absolute Gasteiger partial charge is 0.138 e. The molecule has 0 fully saturated rings. The highest BCUT2D eigenvalue weighted by Crippen LogP contribution is 2.18. The molecule has 0 saturated heterocycles. The van der Waals surface area contributed by atoms with Crippen LogP contribution in [0.5, 0.6) is 5.75 Å². The standard InChI is InChI=1S/C8H7F2NOS.C4H10/c1-12-5-2-7(9)6(4-11-13)8(10)3-5;1-4(2)3/h2-4,13H,1H3;4H,1-3H3/b11-4+;. The Morgan fingerprint density at radius 1 is 1.24 bits per heavy atom. The lowest BCUT2D eigenvalue weighted by molar-refractivity contribution is 0.406. The van der Waals surface area contributed by atoms with Crippen LogP contribution >= 0.6 is 12.8 Å². The van der Waals surface area contributed by atoms with Crippen molar-refractivity contribution in [2.24, 2.45) is 10.3 Å². The number of nitrogens with zero attached hydrogens (tertiary/aromatic N) is 1. The van der Waals surface area contributed by atoms with Crippen LogP contribution in [0, 0.1) is 17.6 Å². The Hall–Kier alpha value is -1.10. The van der Waals surface area contributed by atoms with Crippen LogP contribution < -0.4 is 4.74 Å². The highest BCUT2D eigenvalue weighted by atomic mass is 32.1. The number of halogens is 2. The van der Waals surface area contributed by atoms with Gasteiger partial charge in [0.1, 0.15) is 17.4 Å². The van der Waals surface area contributed by atoms with Crippen LogP contribution in [0.2, 0.25) is 0 Å². The predicted octanol–water partition coefficient (Wildman–Crippen LogP) is 3.90. The maximum atomic E-state index is 13.0. The van der Waals surface area contributed by atoms with E-state index in [4.69, 9.17) is 0 Å². The number of hydrogen-bond donors (Lipinski definition) is 1. The second kappa shape index (κ2) is 8.06. The molecular weight excluding hydrogens is 244 g/mol. The molecule has 0 unspecified atom stereocenters. The molecule has 0 aliphatic carbocycles. The van der Waals surface area contributed by atoms with Crippen LogP contribution in [-0.4, -0.2) is 13.3 Å². The third-order valence-corrected chi connectivity index (χ3v) is 1.59. The minimum absolute atomic E-state index is 0.131. The number of rotatable bonds is 2. The van der Waals surface area contributed by atoms with Crippen molar-refractivity contribution in [3.63, 3.8) is 0 Å². The molecular formula is C12H17F2NOS. The van der Waals surface area contributed by atoms with Crippen LogP contribution in [0.25, 0.3) is 0 Å². The first-order chi connectivity index (χ1) is 7.92. The van der Waals surface area contributed by atoms with Gasteiger partial charge in [0.15, 0.2) is 0 Å². The summed E-state index contributed by atoms with van der Waals surface area (Å²) in [4.78, 5) is 0. The molecule has 1 rings (SSSR count). The van der Waals surface area contributed by atoms with Gasteiger partial charge in [-0.2, -0.15) is 0 Å². The number of ether oxygens (including phenoxy) is 1. The summed E-state index contributed by atoms with van der Waals surface area (Å²) >= 11 is 3.48. The molecule has 0 N–H and O–H groups in total. The van der Waals surface area contributed by atoms with Crippen LogP contribution in [-0.2, 0) is 0 Å². The van der Waals surface area contributed by atoms with Crippen molar-refractivity contribution in [3.8, 4) is 5.75 Å². The van der Waals surface area contributed by atoms with Gasteiger partial charge in [-0.15, -0.1) is 0 Å². The van der Waals surface area contributed by atoms with Crippen LogP contribution in [0.1, 0.15) is 26.3 Å². The molecule has 1 aromatic rings. The van der Waals surface area contributed by atoms with Crippen LogP contribution in [0.15, 0.2) is 16.5 Å². The number of hydrogen-bond acceptors (Lipinski definition) is 3. The van der Waals surface area contributed by atoms with Crippen molar-refractivity contribution < 1.29 is 13.5 Å². The summed E-state index contributed by atoms with van der Waals surface area (Å²) in [6, 6.07) is 2.15. The molecule has 1 aromatic carbocycles. The fraction of sp³-hybridized carbons (Fsp3) is 0.417. The van der Waals surface area contributed by atoms with Crippen molar-refractivity contribution in [1.29, 1.82) is 0 Å². The maximum absolute atomic E-state index is 13.0. The number of methoxy groups -OCH3 is 1. The average molecular weight is 261 g/mol. The van der Waals surface area contributed by atoms with Gasteiger partial charge in [-0.25, -0.2) is 13.2 Å². The molecule has 0 radical (unpaired) electrons. The van der Waals surface area contributed by atoms with E-state index in [1.165, 1.54) is 7.11 Å². The molecule has 5 heteroatoms. The molecule has 0 atom stereocenters. The summed E-state index contributed by atoms with van der Waals surface area (Å²) in [6.07, 6.45) is 0.993. The van der Waals surface area contributed by atoms with Gasteiger partial charge in [0.2, 0.25) is 0 Å². The zero-order valence-corrected chi connectivity index (χ0v) is 11.3. The lowest BCUT2D eigenvalue weighted by Gasteiger charge is -2.02. The summed E-state index contributed by atoms with van der Waals surface area (Å²) in [5.41, 5.74) is -0.226. The van der Waals surface area contributed by atoms with Crippen molar-refractivity contribution in [2.75, 3.05) is 7.11 Å². The van der Waals surface area contributed by atoms with Gasteiger partial charge < -0.3 is 4.74 Å². The normalized spacial score (nSPS) is 10.4. The van der Waals surface area contributed by atoms with E-state index in [0.29, 0.717) is 0 Å². The van der Waals surface area contributed by atoms with Gasteiger partial charge in [0.05, 0.1) is 12.7 Å². The molecule has 2 nitrogen and oxygen atoms in total. The van der Waals surface area contributed by atoms with Crippen molar-refractivity contribution in [1.82, 2.24) is 0 Å². The average Bonchev–Trinajstić information content (AvgIpc) is 2.22. The number of benzene rings is 1. The molecule has 0 saturated carbocycles. The summed E-state index contributed by atoms with van der Waals surface area (Å²) in [6.45, 7) is 6.50. The Bertz CT molecular complexity index is 355. The van der Waals surface area contributed by atoms with E-state index < -0.39 is 11.6 Å². The highest BCUT2D eigenvalue weighted by molar-refractivity contribution is 7.79. The fourth-order valence-corrected chi connectivity index (χ4v) is 0.975. The highest BCUT2D eigenvalue weighted by Gasteiger charge is 2.08. The Morgan fingerprint density at radius 3 is 1.94 bits per heavy atom. The van der Waals surface area contributed by atoms with Gasteiger partial charge in [0.25, 0.3) is 0 Å². The third-order valence-electron chi connectivity index (χ3n) is 1.48. The first-order valence-corrected chi connectivity index (χ1v) is 5.52. The molecule has 0 heterocycles. The monoisotopic (exact) mass is 261 g/mol. The van der Waals surface area contributed by atoms with Crippen LogP contribution in [0.3, 0.4) is 0 Å². The predicted molar refractivity (Wildman–Crippen MR) is 70.0 cm³/mol. The van der Waals surface area contributed by atoms with Gasteiger partial charge in [0, 0.05) is 18.3 Å². The van der Waals surface area contributed by atoms with E-state index in [-0.39, 0.29) is 11.3 Å². The van der Waals surface area contributed by atoms with E-state index in [1.54, 1.807) is 0 Å².